The highest BCUT2D eigenvalue weighted by Gasteiger charge is 2.05. The smallest absolute Gasteiger partial charge is 0.0376 e. The van der Waals surface area contributed by atoms with Gasteiger partial charge in [-0.15, -0.1) is 11.6 Å². The van der Waals surface area contributed by atoms with Crippen molar-refractivity contribution in [2.24, 2.45) is 0 Å². The maximum Gasteiger partial charge on any atom is 0.0376 e. The van der Waals surface area contributed by atoms with Crippen LogP contribution in [0.5, 0.6) is 0 Å². The molecule has 0 aliphatic heterocycles. The predicted molar refractivity (Wildman–Crippen MR) is 87.1 cm³/mol. The molecule has 0 saturated carbocycles. The second-order valence-corrected chi connectivity index (χ2v) is 6.31. The Hall–Kier alpha value is -0.490. The molecule has 108 valence electrons. The van der Waals surface area contributed by atoms with Gasteiger partial charge in [-0.2, -0.15) is 0 Å². The van der Waals surface area contributed by atoms with Gasteiger partial charge >= 0.3 is 0 Å². The lowest BCUT2D eigenvalue weighted by atomic mass is 10.0. The number of halogens is 1. The highest BCUT2D eigenvalue weighted by molar-refractivity contribution is 6.20. The molecule has 1 unspecified atom stereocenters. The van der Waals surface area contributed by atoms with Gasteiger partial charge in [0.05, 0.1) is 0 Å². The minimum atomic E-state index is 0.304. The molecule has 1 rings (SSSR count). The van der Waals surface area contributed by atoms with Crippen molar-refractivity contribution in [1.29, 1.82) is 0 Å². The molecule has 1 atom stereocenters. The van der Waals surface area contributed by atoms with Crippen molar-refractivity contribution in [3.63, 3.8) is 0 Å². The fourth-order valence-electron chi connectivity index (χ4n) is 2.40. The maximum atomic E-state index is 6.42. The molecular formula is C18H29Cl. The summed E-state index contributed by atoms with van der Waals surface area (Å²) in [5.41, 5.74) is 2.69. The first-order valence-electron chi connectivity index (χ1n) is 7.92. The van der Waals surface area contributed by atoms with E-state index in [9.17, 15) is 0 Å². The van der Waals surface area contributed by atoms with E-state index in [1.54, 1.807) is 0 Å². The van der Waals surface area contributed by atoms with E-state index in [1.807, 2.05) is 0 Å². The normalized spacial score (nSPS) is 12.6. The van der Waals surface area contributed by atoms with Crippen LogP contribution in [0.3, 0.4) is 0 Å². The third-order valence-electron chi connectivity index (χ3n) is 3.70. The highest BCUT2D eigenvalue weighted by Crippen LogP contribution is 2.16. The van der Waals surface area contributed by atoms with Crippen LogP contribution in [0.15, 0.2) is 24.3 Å². The van der Waals surface area contributed by atoms with Gasteiger partial charge in [0.25, 0.3) is 0 Å². The summed E-state index contributed by atoms with van der Waals surface area (Å²) in [6.45, 7) is 4.39. The van der Waals surface area contributed by atoms with Crippen LogP contribution in [-0.4, -0.2) is 5.38 Å². The van der Waals surface area contributed by atoms with Gasteiger partial charge in [-0.1, -0.05) is 81.7 Å². The second kappa shape index (κ2) is 10.3. The number of aryl methyl sites for hydroxylation is 1. The molecule has 0 spiro atoms. The quantitative estimate of drug-likeness (QED) is 0.349. The van der Waals surface area contributed by atoms with Gasteiger partial charge in [-0.3, -0.25) is 0 Å². The van der Waals surface area contributed by atoms with Gasteiger partial charge in [-0.25, -0.2) is 0 Å². The van der Waals surface area contributed by atoms with E-state index in [0.29, 0.717) is 5.38 Å². The van der Waals surface area contributed by atoms with Crippen LogP contribution < -0.4 is 0 Å². The lowest BCUT2D eigenvalue weighted by molar-refractivity contribution is 0.567. The van der Waals surface area contributed by atoms with E-state index in [0.717, 1.165) is 12.8 Å². The SMILES string of the molecule is CCCCCCCCCC(Cl)Cc1ccc(C)cc1. The fourth-order valence-corrected chi connectivity index (χ4v) is 2.74. The van der Waals surface area contributed by atoms with Crippen molar-refractivity contribution in [3.05, 3.63) is 35.4 Å². The van der Waals surface area contributed by atoms with E-state index in [-0.39, 0.29) is 0 Å². The summed E-state index contributed by atoms with van der Waals surface area (Å²) >= 11 is 6.42. The zero-order valence-electron chi connectivity index (χ0n) is 12.6. The van der Waals surface area contributed by atoms with E-state index in [4.69, 9.17) is 11.6 Å². The Labute approximate surface area is 124 Å². The Bertz CT molecular complexity index is 315. The van der Waals surface area contributed by atoms with Crippen molar-refractivity contribution >= 4 is 11.6 Å². The summed E-state index contributed by atoms with van der Waals surface area (Å²) < 4.78 is 0. The first kappa shape index (κ1) is 16.6. The maximum absolute atomic E-state index is 6.42. The van der Waals surface area contributed by atoms with Gasteiger partial charge < -0.3 is 0 Å². The predicted octanol–water partition coefficient (Wildman–Crippen LogP) is 6.29. The van der Waals surface area contributed by atoms with Crippen molar-refractivity contribution in [1.82, 2.24) is 0 Å². The van der Waals surface area contributed by atoms with Crippen LogP contribution in [0.25, 0.3) is 0 Å². The second-order valence-electron chi connectivity index (χ2n) is 5.70. The number of unbranched alkanes of at least 4 members (excludes halogenated alkanes) is 6. The third-order valence-corrected chi connectivity index (χ3v) is 4.07. The summed E-state index contributed by atoms with van der Waals surface area (Å²) in [5, 5.41) is 0.304. The van der Waals surface area contributed by atoms with Crippen LogP contribution in [0, 0.1) is 6.92 Å². The largest absolute Gasteiger partial charge is 0.123 e. The van der Waals surface area contributed by atoms with Crippen molar-refractivity contribution < 1.29 is 0 Å². The highest BCUT2D eigenvalue weighted by atomic mass is 35.5. The molecule has 0 saturated heterocycles. The Balaban J connectivity index is 2.04. The van der Waals surface area contributed by atoms with Crippen LogP contribution in [0.4, 0.5) is 0 Å². The topological polar surface area (TPSA) is 0 Å². The Morgan fingerprint density at radius 2 is 1.47 bits per heavy atom. The Kier molecular flexibility index (Phi) is 8.99. The van der Waals surface area contributed by atoms with Gasteiger partial charge in [0.1, 0.15) is 0 Å². The summed E-state index contributed by atoms with van der Waals surface area (Å²) in [5.74, 6) is 0. The van der Waals surface area contributed by atoms with E-state index < -0.39 is 0 Å². The summed E-state index contributed by atoms with van der Waals surface area (Å²) in [7, 11) is 0. The Morgan fingerprint density at radius 3 is 2.11 bits per heavy atom. The van der Waals surface area contributed by atoms with Gasteiger partial charge in [0.15, 0.2) is 0 Å². The lowest BCUT2D eigenvalue weighted by Crippen LogP contribution is -2.03. The molecule has 0 aliphatic rings. The first-order chi connectivity index (χ1) is 9.22. The summed E-state index contributed by atoms with van der Waals surface area (Å²) in [4.78, 5) is 0. The lowest BCUT2D eigenvalue weighted by Gasteiger charge is -2.09. The molecule has 19 heavy (non-hydrogen) atoms. The number of hydrogen-bond acceptors (Lipinski definition) is 0. The minimum absolute atomic E-state index is 0.304. The third kappa shape index (κ3) is 8.31. The molecule has 0 aromatic heterocycles. The zero-order valence-corrected chi connectivity index (χ0v) is 13.4. The van der Waals surface area contributed by atoms with Crippen LogP contribution >= 0.6 is 11.6 Å². The van der Waals surface area contributed by atoms with Crippen LogP contribution in [-0.2, 0) is 6.42 Å². The number of rotatable bonds is 10. The molecule has 0 amide bonds. The van der Waals surface area contributed by atoms with Crippen molar-refractivity contribution in [2.45, 2.75) is 77.0 Å². The summed E-state index contributed by atoms with van der Waals surface area (Å²) in [6, 6.07) is 8.75. The molecule has 0 bridgehead atoms. The van der Waals surface area contributed by atoms with Gasteiger partial charge in [0.2, 0.25) is 0 Å². The molecule has 0 fully saturated rings. The number of hydrogen-bond donors (Lipinski definition) is 0. The molecule has 0 N–H and O–H groups in total. The summed E-state index contributed by atoms with van der Waals surface area (Å²) in [6.07, 6.45) is 11.7. The monoisotopic (exact) mass is 280 g/mol. The first-order valence-corrected chi connectivity index (χ1v) is 8.35. The number of benzene rings is 1. The number of alkyl halides is 1. The van der Waals surface area contributed by atoms with E-state index in [1.165, 1.54) is 56.1 Å². The molecule has 0 nitrogen and oxygen atoms in total. The van der Waals surface area contributed by atoms with Crippen LogP contribution in [0.2, 0.25) is 0 Å². The molecule has 1 aromatic rings. The zero-order chi connectivity index (χ0) is 13.9. The molecule has 1 aromatic carbocycles. The molecule has 0 aliphatic carbocycles. The molecule has 0 radical (unpaired) electrons. The molecular weight excluding hydrogens is 252 g/mol. The van der Waals surface area contributed by atoms with Crippen molar-refractivity contribution in [3.8, 4) is 0 Å². The van der Waals surface area contributed by atoms with Gasteiger partial charge in [-0.05, 0) is 25.3 Å². The van der Waals surface area contributed by atoms with Crippen molar-refractivity contribution in [2.75, 3.05) is 0 Å². The van der Waals surface area contributed by atoms with E-state index >= 15 is 0 Å². The van der Waals surface area contributed by atoms with Crippen LogP contribution in [0.1, 0.15) is 69.4 Å². The fraction of sp³-hybridized carbons (Fsp3) is 0.667. The van der Waals surface area contributed by atoms with E-state index in [2.05, 4.69) is 38.1 Å². The average Bonchev–Trinajstić information content (AvgIpc) is 2.40. The molecule has 1 heteroatoms. The van der Waals surface area contributed by atoms with Gasteiger partial charge in [0, 0.05) is 5.38 Å². The Morgan fingerprint density at radius 1 is 0.895 bits per heavy atom. The molecule has 0 heterocycles. The standard InChI is InChI=1S/C18H29Cl/c1-3-4-5-6-7-8-9-10-18(19)15-17-13-11-16(2)12-14-17/h11-14,18H,3-10,15H2,1-2H3. The average molecular weight is 281 g/mol. The minimum Gasteiger partial charge on any atom is -0.123 e.